The maximum atomic E-state index is 9.59. The van der Waals surface area contributed by atoms with Gasteiger partial charge in [0.1, 0.15) is 12.6 Å². The normalized spacial score (nSPS) is 28.9. The van der Waals surface area contributed by atoms with Gasteiger partial charge < -0.3 is 14.9 Å². The summed E-state index contributed by atoms with van der Waals surface area (Å²) in [7, 11) is 0. The van der Waals surface area contributed by atoms with Crippen LogP contribution < -0.4 is 0 Å². The van der Waals surface area contributed by atoms with E-state index in [0.29, 0.717) is 17.6 Å². The largest absolute Gasteiger partial charge is 0.492 e. The molecule has 3 rings (SSSR count). The summed E-state index contributed by atoms with van der Waals surface area (Å²) in [5, 5.41) is 19.1. The Morgan fingerprint density at radius 3 is 2.94 bits per heavy atom. The van der Waals surface area contributed by atoms with Crippen LogP contribution in [-0.4, -0.2) is 41.9 Å². The summed E-state index contributed by atoms with van der Waals surface area (Å²) in [6.45, 7) is 3.69. The van der Waals surface area contributed by atoms with Gasteiger partial charge in [-0.15, -0.1) is 0 Å². The van der Waals surface area contributed by atoms with Crippen LogP contribution in [-0.2, 0) is 4.74 Å². The second kappa shape index (κ2) is 3.64. The Morgan fingerprint density at radius 2 is 2.24 bits per heavy atom. The smallest absolute Gasteiger partial charge is 0.242 e. The van der Waals surface area contributed by atoms with Crippen LogP contribution in [0.5, 0.6) is 5.88 Å². The molecule has 1 saturated heterocycles. The van der Waals surface area contributed by atoms with Gasteiger partial charge in [0.15, 0.2) is 11.2 Å². The molecule has 7 heteroatoms. The van der Waals surface area contributed by atoms with Gasteiger partial charge in [0.2, 0.25) is 5.88 Å². The molecule has 0 unspecified atom stereocenters. The minimum Gasteiger partial charge on any atom is -0.492 e. The number of hydrogen-bond acceptors (Lipinski definition) is 6. The van der Waals surface area contributed by atoms with Crippen molar-refractivity contribution in [1.29, 1.82) is 0 Å². The molecule has 1 aliphatic heterocycles. The second-order valence-electron chi connectivity index (χ2n) is 3.95. The van der Waals surface area contributed by atoms with Crippen molar-refractivity contribution in [1.82, 2.24) is 19.5 Å². The summed E-state index contributed by atoms with van der Waals surface area (Å²) in [6, 6.07) is 0. The number of rotatable bonds is 1. The molecule has 7 nitrogen and oxygen atoms in total. The lowest BCUT2D eigenvalue weighted by Gasteiger charge is -2.12. The Hall–Kier alpha value is -1.73. The molecule has 3 atom stereocenters. The number of aromatic nitrogens is 4. The fraction of sp³-hybridized carbons (Fsp3) is 0.400. The van der Waals surface area contributed by atoms with Crippen LogP contribution in [0.1, 0.15) is 12.6 Å². The highest BCUT2D eigenvalue weighted by Crippen LogP contribution is 2.31. The first-order valence-corrected chi connectivity index (χ1v) is 5.20. The first kappa shape index (κ1) is 10.4. The lowest BCUT2D eigenvalue weighted by atomic mass is 10.2. The highest BCUT2D eigenvalue weighted by molar-refractivity contribution is 5.75. The lowest BCUT2D eigenvalue weighted by Crippen LogP contribution is -2.15. The molecular weight excluding hydrogens is 224 g/mol. The predicted molar refractivity (Wildman–Crippen MR) is 56.9 cm³/mol. The number of hydrogen-bond donors (Lipinski definition) is 2. The Balaban J connectivity index is 2.04. The van der Waals surface area contributed by atoms with E-state index in [4.69, 9.17) is 4.74 Å². The number of aromatic hydroxyl groups is 1. The number of aliphatic hydroxyl groups is 1. The molecular formula is C10H11N4O3. The van der Waals surface area contributed by atoms with Gasteiger partial charge in [-0.25, -0.2) is 9.97 Å². The van der Waals surface area contributed by atoms with Crippen molar-refractivity contribution in [2.24, 2.45) is 0 Å². The maximum Gasteiger partial charge on any atom is 0.242 e. The molecule has 0 saturated carbocycles. The van der Waals surface area contributed by atoms with Crippen LogP contribution >= 0.6 is 0 Å². The first-order valence-electron chi connectivity index (χ1n) is 5.20. The zero-order valence-electron chi connectivity index (χ0n) is 8.89. The van der Waals surface area contributed by atoms with Crippen LogP contribution in [0.3, 0.4) is 0 Å². The molecule has 2 aromatic rings. The van der Waals surface area contributed by atoms with E-state index >= 15 is 0 Å². The van der Waals surface area contributed by atoms with Gasteiger partial charge in [-0.05, 0) is 6.92 Å². The number of fused-ring (bicyclic) bond motifs is 1. The van der Waals surface area contributed by atoms with Crippen LogP contribution in [0, 0.1) is 6.92 Å². The van der Waals surface area contributed by atoms with E-state index in [-0.39, 0.29) is 12.1 Å². The third-order valence-electron chi connectivity index (χ3n) is 2.85. The average Bonchev–Trinajstić information content (AvgIpc) is 2.85. The standard InChI is InChI=1S/C10H11N4O3/c1-5-6(15)2-7(17-5)14-4-13-8-9(14)11-3-12-10(8)16/h3-7,15H,1-2H2,(H,11,12,16)/t5-,6+,7-/m1/s1. The summed E-state index contributed by atoms with van der Waals surface area (Å²) in [6.07, 6.45) is 1.74. The van der Waals surface area contributed by atoms with Gasteiger partial charge in [0.25, 0.3) is 0 Å². The molecule has 17 heavy (non-hydrogen) atoms. The molecule has 0 aromatic carbocycles. The third-order valence-corrected chi connectivity index (χ3v) is 2.85. The highest BCUT2D eigenvalue weighted by Gasteiger charge is 2.32. The van der Waals surface area contributed by atoms with Crippen LogP contribution in [0.2, 0.25) is 0 Å². The quantitative estimate of drug-likeness (QED) is 0.723. The fourth-order valence-electron chi connectivity index (χ4n) is 1.94. The Labute approximate surface area is 96.7 Å². The number of ether oxygens (including phenoxy) is 1. The van der Waals surface area contributed by atoms with E-state index < -0.39 is 12.2 Å². The number of aliphatic hydroxyl groups excluding tert-OH is 1. The maximum absolute atomic E-state index is 9.59. The van der Waals surface area contributed by atoms with E-state index in [2.05, 4.69) is 21.9 Å². The number of imidazole rings is 1. The minimum absolute atomic E-state index is 0.168. The Kier molecular flexibility index (Phi) is 2.23. The van der Waals surface area contributed by atoms with Crippen molar-refractivity contribution < 1.29 is 14.9 Å². The van der Waals surface area contributed by atoms with E-state index in [0.717, 1.165) is 0 Å². The van der Waals surface area contributed by atoms with Crippen LogP contribution in [0.25, 0.3) is 11.2 Å². The van der Waals surface area contributed by atoms with Crippen molar-refractivity contribution in [2.45, 2.75) is 24.9 Å². The van der Waals surface area contributed by atoms with Crippen LogP contribution in [0.15, 0.2) is 12.7 Å². The number of nitrogens with zero attached hydrogens (tertiary/aromatic N) is 4. The molecule has 1 radical (unpaired) electrons. The van der Waals surface area contributed by atoms with E-state index in [1.54, 1.807) is 4.57 Å². The first-order chi connectivity index (χ1) is 8.16. The van der Waals surface area contributed by atoms with E-state index in [9.17, 15) is 10.2 Å². The summed E-state index contributed by atoms with van der Waals surface area (Å²) >= 11 is 0. The molecule has 1 aliphatic rings. The zero-order chi connectivity index (χ0) is 12.0. The Morgan fingerprint density at radius 1 is 1.41 bits per heavy atom. The summed E-state index contributed by atoms with van der Waals surface area (Å²) in [5.74, 6) is -0.168. The predicted octanol–water partition coefficient (Wildman–Crippen LogP) is 0.0144. The van der Waals surface area contributed by atoms with Gasteiger partial charge >= 0.3 is 0 Å². The topological polar surface area (TPSA) is 93.3 Å². The van der Waals surface area contributed by atoms with Gasteiger partial charge in [0, 0.05) is 6.42 Å². The monoisotopic (exact) mass is 235 g/mol. The molecule has 1 fully saturated rings. The van der Waals surface area contributed by atoms with Crippen molar-refractivity contribution in [3.8, 4) is 5.88 Å². The molecule has 2 N–H and O–H groups in total. The van der Waals surface area contributed by atoms with E-state index in [1.807, 2.05) is 0 Å². The fourth-order valence-corrected chi connectivity index (χ4v) is 1.94. The molecule has 0 amide bonds. The summed E-state index contributed by atoms with van der Waals surface area (Å²) in [4.78, 5) is 11.7. The van der Waals surface area contributed by atoms with Crippen LogP contribution in [0.4, 0.5) is 0 Å². The second-order valence-corrected chi connectivity index (χ2v) is 3.95. The van der Waals surface area contributed by atoms with Gasteiger partial charge in [0.05, 0.1) is 18.5 Å². The average molecular weight is 235 g/mol. The molecule has 89 valence electrons. The lowest BCUT2D eigenvalue weighted by molar-refractivity contribution is 0.00749. The van der Waals surface area contributed by atoms with Crippen molar-refractivity contribution >= 4 is 11.2 Å². The minimum atomic E-state index is -0.604. The summed E-state index contributed by atoms with van der Waals surface area (Å²) in [5.41, 5.74) is 0.793. The summed E-state index contributed by atoms with van der Waals surface area (Å²) < 4.78 is 7.14. The Bertz CT molecular complexity index is 545. The van der Waals surface area contributed by atoms with E-state index in [1.165, 1.54) is 12.7 Å². The SMILES string of the molecule is [CH2][C@H]1O[C@@H](n2cnc3c(O)ncnc32)C[C@@H]1O. The highest BCUT2D eigenvalue weighted by atomic mass is 16.5. The molecule has 0 spiro atoms. The van der Waals surface area contributed by atoms with Crippen molar-refractivity contribution in [2.75, 3.05) is 0 Å². The third kappa shape index (κ3) is 1.55. The van der Waals surface area contributed by atoms with Gasteiger partial charge in [-0.3, -0.25) is 4.57 Å². The zero-order valence-corrected chi connectivity index (χ0v) is 8.89. The molecule has 0 bridgehead atoms. The molecule has 2 aromatic heterocycles. The van der Waals surface area contributed by atoms with Crippen molar-refractivity contribution in [3.63, 3.8) is 0 Å². The molecule has 3 heterocycles. The molecule has 0 aliphatic carbocycles. The van der Waals surface area contributed by atoms with Gasteiger partial charge in [-0.2, -0.15) is 4.98 Å². The van der Waals surface area contributed by atoms with Gasteiger partial charge in [-0.1, -0.05) is 0 Å². The van der Waals surface area contributed by atoms with Crippen molar-refractivity contribution in [3.05, 3.63) is 19.6 Å².